The lowest BCUT2D eigenvalue weighted by Gasteiger charge is -2.19. The Morgan fingerprint density at radius 3 is 2.56 bits per heavy atom. The molecule has 1 aromatic heterocycles. The van der Waals surface area contributed by atoms with E-state index in [1.807, 2.05) is 58.0 Å². The van der Waals surface area contributed by atoms with Crippen LogP contribution in [-0.4, -0.2) is 36.2 Å². The molecule has 25 heavy (non-hydrogen) atoms. The highest BCUT2D eigenvalue weighted by molar-refractivity contribution is 6.01. The number of nitrogens with zero attached hydrogens (tertiary/aromatic N) is 2. The second-order valence-electron chi connectivity index (χ2n) is 6.57. The molecule has 0 bridgehead atoms. The van der Waals surface area contributed by atoms with Crippen molar-refractivity contribution >= 4 is 28.8 Å². The van der Waals surface area contributed by atoms with Crippen LogP contribution in [0.2, 0.25) is 0 Å². The topological polar surface area (TPSA) is 62.1 Å². The van der Waals surface area contributed by atoms with Crippen LogP contribution in [-0.2, 0) is 9.57 Å². The Morgan fingerprint density at radius 1 is 1.24 bits per heavy atom. The molecule has 0 aliphatic heterocycles. The second-order valence-corrected chi connectivity index (χ2v) is 6.57. The van der Waals surface area contributed by atoms with Gasteiger partial charge >= 0.3 is 6.09 Å². The Morgan fingerprint density at radius 2 is 1.96 bits per heavy atom. The van der Waals surface area contributed by atoms with Gasteiger partial charge in [0.05, 0.1) is 18.3 Å². The minimum Gasteiger partial charge on any atom is -0.497 e. The summed E-state index contributed by atoms with van der Waals surface area (Å²) in [5.41, 5.74) is 1.74. The summed E-state index contributed by atoms with van der Waals surface area (Å²) in [6.45, 7) is 7.34. The standard InChI is InChI=1S/C19H24N2O4/c1-13(20-24-6)7-8-14-12-21(18(22)25-19(2,3)4)17-10-9-15(23-5)11-16(14)17/h7-12H,1-6H3/b8-7-,20-13+. The highest BCUT2D eigenvalue weighted by atomic mass is 16.6. The molecule has 0 aliphatic rings. The number of carbonyl (C=O) groups excluding carboxylic acids is 1. The van der Waals surface area contributed by atoms with Crippen molar-refractivity contribution in [3.05, 3.63) is 36.0 Å². The molecule has 0 saturated heterocycles. The average Bonchev–Trinajstić information content (AvgIpc) is 2.89. The minimum absolute atomic E-state index is 0.426. The summed E-state index contributed by atoms with van der Waals surface area (Å²) in [6, 6.07) is 5.54. The Hall–Kier alpha value is -2.76. The molecule has 0 amide bonds. The molecule has 0 fully saturated rings. The zero-order chi connectivity index (χ0) is 18.6. The molecule has 1 heterocycles. The van der Waals surface area contributed by atoms with Gasteiger partial charge in [0, 0.05) is 17.1 Å². The van der Waals surface area contributed by atoms with Gasteiger partial charge in [0.25, 0.3) is 0 Å². The molecular weight excluding hydrogens is 320 g/mol. The van der Waals surface area contributed by atoms with Crippen LogP contribution in [0.15, 0.2) is 35.6 Å². The van der Waals surface area contributed by atoms with E-state index in [0.717, 1.165) is 16.5 Å². The maximum absolute atomic E-state index is 12.5. The summed E-state index contributed by atoms with van der Waals surface area (Å²) in [7, 11) is 3.10. The van der Waals surface area contributed by atoms with Crippen LogP contribution >= 0.6 is 0 Å². The summed E-state index contributed by atoms with van der Waals surface area (Å²) in [5, 5.41) is 4.73. The summed E-state index contributed by atoms with van der Waals surface area (Å²) in [4.78, 5) is 17.3. The summed E-state index contributed by atoms with van der Waals surface area (Å²) in [6.07, 6.45) is 5.01. The van der Waals surface area contributed by atoms with Gasteiger partial charge in [0.2, 0.25) is 0 Å². The van der Waals surface area contributed by atoms with Crippen LogP contribution in [0.5, 0.6) is 5.75 Å². The first-order valence-corrected chi connectivity index (χ1v) is 7.93. The minimum atomic E-state index is -0.572. The van der Waals surface area contributed by atoms with Crippen molar-refractivity contribution in [1.29, 1.82) is 0 Å². The van der Waals surface area contributed by atoms with Crippen LogP contribution in [0.25, 0.3) is 17.0 Å². The van der Waals surface area contributed by atoms with E-state index in [0.29, 0.717) is 11.5 Å². The van der Waals surface area contributed by atoms with E-state index >= 15 is 0 Å². The largest absolute Gasteiger partial charge is 0.497 e. The molecular formula is C19H24N2O4. The zero-order valence-corrected chi connectivity index (χ0v) is 15.5. The zero-order valence-electron chi connectivity index (χ0n) is 15.5. The third-order valence-electron chi connectivity index (χ3n) is 3.37. The van der Waals surface area contributed by atoms with Crippen LogP contribution in [0.3, 0.4) is 0 Å². The SMILES string of the molecule is CO/N=C(C)/C=C\c1cn(C(=O)OC(C)(C)C)c2ccc(OC)cc12. The predicted molar refractivity (Wildman–Crippen MR) is 99.3 cm³/mol. The van der Waals surface area contributed by atoms with E-state index in [1.54, 1.807) is 13.3 Å². The van der Waals surface area contributed by atoms with Crippen molar-refractivity contribution in [3.8, 4) is 5.75 Å². The number of rotatable bonds is 4. The molecule has 0 aliphatic carbocycles. The Balaban J connectivity index is 2.53. The number of hydrogen-bond acceptors (Lipinski definition) is 5. The van der Waals surface area contributed by atoms with Gasteiger partial charge in [-0.05, 0) is 52.0 Å². The fraction of sp³-hybridized carbons (Fsp3) is 0.368. The fourth-order valence-electron chi connectivity index (χ4n) is 2.34. The number of aromatic nitrogens is 1. The smallest absolute Gasteiger partial charge is 0.419 e. The number of benzene rings is 1. The van der Waals surface area contributed by atoms with Crippen LogP contribution in [0, 0.1) is 0 Å². The molecule has 134 valence electrons. The molecule has 6 heteroatoms. The third-order valence-corrected chi connectivity index (χ3v) is 3.37. The van der Waals surface area contributed by atoms with E-state index in [9.17, 15) is 4.79 Å². The van der Waals surface area contributed by atoms with Gasteiger partial charge in [0.1, 0.15) is 18.5 Å². The van der Waals surface area contributed by atoms with E-state index in [-0.39, 0.29) is 0 Å². The van der Waals surface area contributed by atoms with Gasteiger partial charge < -0.3 is 14.3 Å². The lowest BCUT2D eigenvalue weighted by molar-refractivity contribution is 0.0544. The molecule has 2 aromatic rings. The first-order valence-electron chi connectivity index (χ1n) is 7.93. The Kier molecular flexibility index (Phi) is 5.51. The summed E-state index contributed by atoms with van der Waals surface area (Å²) >= 11 is 0. The van der Waals surface area contributed by atoms with Crippen LogP contribution in [0.1, 0.15) is 33.3 Å². The lowest BCUT2D eigenvalue weighted by atomic mass is 10.1. The van der Waals surface area contributed by atoms with Gasteiger partial charge in [-0.15, -0.1) is 0 Å². The molecule has 0 N–H and O–H groups in total. The van der Waals surface area contributed by atoms with Gasteiger partial charge in [-0.3, -0.25) is 4.57 Å². The van der Waals surface area contributed by atoms with Gasteiger partial charge in [-0.1, -0.05) is 11.2 Å². The van der Waals surface area contributed by atoms with Crippen LogP contribution < -0.4 is 4.74 Å². The molecule has 0 radical (unpaired) electrons. The predicted octanol–water partition coefficient (Wildman–Crippen LogP) is 4.47. The molecule has 2 rings (SSSR count). The monoisotopic (exact) mass is 344 g/mol. The quantitative estimate of drug-likeness (QED) is 0.606. The second kappa shape index (κ2) is 7.42. The van der Waals surface area contributed by atoms with Crippen molar-refractivity contribution in [2.75, 3.05) is 14.2 Å². The van der Waals surface area contributed by atoms with Crippen molar-refractivity contribution in [1.82, 2.24) is 4.57 Å². The van der Waals surface area contributed by atoms with Crippen molar-refractivity contribution in [2.24, 2.45) is 5.16 Å². The maximum atomic E-state index is 12.5. The first-order chi connectivity index (χ1) is 11.7. The van der Waals surface area contributed by atoms with Gasteiger partial charge in [-0.2, -0.15) is 0 Å². The van der Waals surface area contributed by atoms with Gasteiger partial charge in [0.15, 0.2) is 0 Å². The number of allylic oxidation sites excluding steroid dienone is 1. The summed E-state index contributed by atoms with van der Waals surface area (Å²) in [5.74, 6) is 0.714. The highest BCUT2D eigenvalue weighted by Crippen LogP contribution is 2.28. The number of oxime groups is 1. The molecule has 6 nitrogen and oxygen atoms in total. The Bertz CT molecular complexity index is 826. The number of fused-ring (bicyclic) bond motifs is 1. The van der Waals surface area contributed by atoms with Crippen molar-refractivity contribution in [3.63, 3.8) is 0 Å². The van der Waals surface area contributed by atoms with Gasteiger partial charge in [-0.25, -0.2) is 4.79 Å². The Labute approximate surface area is 147 Å². The van der Waals surface area contributed by atoms with E-state index in [2.05, 4.69) is 5.16 Å². The van der Waals surface area contributed by atoms with E-state index < -0.39 is 11.7 Å². The maximum Gasteiger partial charge on any atom is 0.419 e. The third kappa shape index (κ3) is 4.62. The molecule has 1 aromatic carbocycles. The summed E-state index contributed by atoms with van der Waals surface area (Å²) < 4.78 is 12.3. The molecule has 0 unspecified atom stereocenters. The lowest BCUT2D eigenvalue weighted by Crippen LogP contribution is -2.26. The highest BCUT2D eigenvalue weighted by Gasteiger charge is 2.20. The average molecular weight is 344 g/mol. The van der Waals surface area contributed by atoms with E-state index in [4.69, 9.17) is 14.3 Å². The van der Waals surface area contributed by atoms with Crippen molar-refractivity contribution in [2.45, 2.75) is 33.3 Å². The number of hydrogen-bond donors (Lipinski definition) is 0. The first kappa shape index (κ1) is 18.6. The van der Waals surface area contributed by atoms with E-state index in [1.165, 1.54) is 11.7 Å². The van der Waals surface area contributed by atoms with Crippen molar-refractivity contribution < 1.29 is 19.1 Å². The number of methoxy groups -OCH3 is 1. The number of ether oxygens (including phenoxy) is 2. The number of carbonyl (C=O) groups is 1. The van der Waals surface area contributed by atoms with Crippen LogP contribution in [0.4, 0.5) is 4.79 Å². The molecule has 0 saturated carbocycles. The molecule has 0 spiro atoms. The molecule has 0 atom stereocenters. The fourth-order valence-corrected chi connectivity index (χ4v) is 2.34. The normalized spacial score (nSPS) is 12.6.